The smallest absolute Gasteiger partial charge is 0.243 e. The molecular weight excluding hydrogens is 346 g/mol. The third-order valence-corrected chi connectivity index (χ3v) is 5.28. The summed E-state index contributed by atoms with van der Waals surface area (Å²) in [7, 11) is 0. The Bertz CT molecular complexity index is 828. The molecule has 0 atom stereocenters. The lowest BCUT2D eigenvalue weighted by atomic mass is 9.92. The van der Waals surface area contributed by atoms with Gasteiger partial charge in [-0.15, -0.1) is 0 Å². The van der Waals surface area contributed by atoms with Gasteiger partial charge in [0.1, 0.15) is 0 Å². The van der Waals surface area contributed by atoms with E-state index < -0.39 is 0 Å². The van der Waals surface area contributed by atoms with Gasteiger partial charge in [-0.2, -0.15) is 0 Å². The molecule has 0 fully saturated rings. The van der Waals surface area contributed by atoms with Gasteiger partial charge >= 0.3 is 0 Å². The Labute approximate surface area is 169 Å². The van der Waals surface area contributed by atoms with Crippen LogP contribution in [0.25, 0.3) is 0 Å². The van der Waals surface area contributed by atoms with Gasteiger partial charge in [0.2, 0.25) is 5.91 Å². The molecule has 0 aromatic heterocycles. The Morgan fingerprint density at radius 3 is 2.25 bits per heavy atom. The van der Waals surface area contributed by atoms with E-state index in [0.29, 0.717) is 18.4 Å². The van der Waals surface area contributed by atoms with Crippen LogP contribution >= 0.6 is 0 Å². The number of carbonyl (C=O) groups is 1. The van der Waals surface area contributed by atoms with Gasteiger partial charge in [0.05, 0.1) is 17.9 Å². The molecule has 2 N–H and O–H groups in total. The molecule has 0 unspecified atom stereocenters. The fourth-order valence-corrected chi connectivity index (χ4v) is 4.01. The van der Waals surface area contributed by atoms with E-state index in [9.17, 15) is 4.79 Å². The van der Waals surface area contributed by atoms with Crippen molar-refractivity contribution >= 4 is 23.0 Å². The first-order chi connectivity index (χ1) is 13.2. The summed E-state index contributed by atoms with van der Waals surface area (Å²) in [6.45, 7) is 14.1. The van der Waals surface area contributed by atoms with Crippen LogP contribution in [0.2, 0.25) is 0 Å². The Morgan fingerprint density at radius 1 is 1.04 bits per heavy atom. The van der Waals surface area contributed by atoms with Gasteiger partial charge in [0.15, 0.2) is 0 Å². The van der Waals surface area contributed by atoms with Crippen LogP contribution in [0.15, 0.2) is 42.5 Å². The second-order valence-electron chi connectivity index (χ2n) is 9.05. The third kappa shape index (κ3) is 4.32. The molecule has 1 amide bonds. The summed E-state index contributed by atoms with van der Waals surface area (Å²) in [6, 6.07) is 14.5. The van der Waals surface area contributed by atoms with Crippen LogP contribution in [-0.4, -0.2) is 24.5 Å². The van der Waals surface area contributed by atoms with Gasteiger partial charge in [-0.05, 0) is 48.9 Å². The normalized spacial score (nSPS) is 15.4. The predicted molar refractivity (Wildman–Crippen MR) is 120 cm³/mol. The third-order valence-electron chi connectivity index (χ3n) is 5.28. The Hall–Kier alpha value is -2.49. The molecule has 2 aromatic carbocycles. The van der Waals surface area contributed by atoms with E-state index in [0.717, 1.165) is 23.6 Å². The number of para-hydroxylation sites is 3. The molecule has 0 spiro atoms. The van der Waals surface area contributed by atoms with Crippen molar-refractivity contribution in [3.63, 3.8) is 0 Å². The van der Waals surface area contributed by atoms with Crippen molar-refractivity contribution in [2.75, 3.05) is 28.6 Å². The lowest BCUT2D eigenvalue weighted by Gasteiger charge is -2.41. The van der Waals surface area contributed by atoms with Crippen molar-refractivity contribution in [2.45, 2.75) is 58.9 Å². The molecule has 28 heavy (non-hydrogen) atoms. The zero-order valence-electron chi connectivity index (χ0n) is 18.0. The lowest BCUT2D eigenvalue weighted by Crippen LogP contribution is -2.50. The molecular formula is C24H33N3O. The van der Waals surface area contributed by atoms with Crippen molar-refractivity contribution in [1.82, 2.24) is 0 Å². The molecule has 2 aromatic rings. The van der Waals surface area contributed by atoms with Gasteiger partial charge in [-0.3, -0.25) is 4.79 Å². The minimum absolute atomic E-state index is 0.0301. The molecule has 150 valence electrons. The van der Waals surface area contributed by atoms with Gasteiger partial charge in [0, 0.05) is 17.8 Å². The van der Waals surface area contributed by atoms with Crippen LogP contribution in [0.3, 0.4) is 0 Å². The molecule has 3 rings (SSSR count). The number of nitrogens with zero attached hydrogens (tertiary/aromatic N) is 1. The molecule has 1 heterocycles. The minimum atomic E-state index is -0.0897. The highest BCUT2D eigenvalue weighted by atomic mass is 16.2. The number of amides is 1. The van der Waals surface area contributed by atoms with Gasteiger partial charge in [-0.1, -0.05) is 58.0 Å². The fraction of sp³-hybridized carbons (Fsp3) is 0.458. The standard InChI is InChI=1S/C24H33N3O/c1-16(2)18-10-9-11-19(17(3)4)23(18)25-22(28)14-27-15-24(5,6)26-20-12-7-8-13-21(20)27/h7-13,16-17,26H,14-15H2,1-6H3,(H,25,28). The predicted octanol–water partition coefficient (Wildman–Crippen LogP) is 5.58. The second kappa shape index (κ2) is 7.86. The van der Waals surface area contributed by atoms with Gasteiger partial charge in [-0.25, -0.2) is 0 Å². The van der Waals surface area contributed by atoms with E-state index in [2.05, 4.69) is 87.4 Å². The van der Waals surface area contributed by atoms with Crippen LogP contribution in [0.1, 0.15) is 64.5 Å². The zero-order valence-corrected chi connectivity index (χ0v) is 18.0. The summed E-state index contributed by atoms with van der Waals surface area (Å²) in [5.74, 6) is 0.739. The maximum atomic E-state index is 13.1. The molecule has 1 aliphatic heterocycles. The maximum Gasteiger partial charge on any atom is 0.243 e. The van der Waals surface area contributed by atoms with Crippen LogP contribution in [-0.2, 0) is 4.79 Å². The highest BCUT2D eigenvalue weighted by molar-refractivity contribution is 5.96. The van der Waals surface area contributed by atoms with Gasteiger partial charge in [0.25, 0.3) is 0 Å². The van der Waals surface area contributed by atoms with E-state index in [1.807, 2.05) is 12.1 Å². The van der Waals surface area contributed by atoms with Crippen LogP contribution < -0.4 is 15.5 Å². The number of hydrogen-bond donors (Lipinski definition) is 2. The fourth-order valence-electron chi connectivity index (χ4n) is 4.01. The first kappa shape index (κ1) is 20.2. The molecule has 1 aliphatic rings. The topological polar surface area (TPSA) is 44.4 Å². The average Bonchev–Trinajstić information content (AvgIpc) is 2.60. The van der Waals surface area contributed by atoms with Crippen molar-refractivity contribution in [3.8, 4) is 0 Å². The number of fused-ring (bicyclic) bond motifs is 1. The summed E-state index contributed by atoms with van der Waals surface area (Å²) in [6.07, 6.45) is 0. The van der Waals surface area contributed by atoms with E-state index in [1.165, 1.54) is 11.1 Å². The second-order valence-corrected chi connectivity index (χ2v) is 9.05. The van der Waals surface area contributed by atoms with Crippen molar-refractivity contribution in [2.24, 2.45) is 0 Å². The van der Waals surface area contributed by atoms with Crippen molar-refractivity contribution < 1.29 is 4.79 Å². The Balaban J connectivity index is 1.86. The van der Waals surface area contributed by atoms with Crippen LogP contribution in [0.5, 0.6) is 0 Å². The van der Waals surface area contributed by atoms with E-state index in [4.69, 9.17) is 0 Å². The maximum absolute atomic E-state index is 13.1. The van der Waals surface area contributed by atoms with E-state index in [1.54, 1.807) is 0 Å². The SMILES string of the molecule is CC(C)c1cccc(C(C)C)c1NC(=O)CN1CC(C)(C)Nc2ccccc21. The average molecular weight is 380 g/mol. The monoisotopic (exact) mass is 379 g/mol. The number of rotatable bonds is 5. The highest BCUT2D eigenvalue weighted by Gasteiger charge is 2.30. The largest absolute Gasteiger partial charge is 0.377 e. The molecule has 0 saturated carbocycles. The summed E-state index contributed by atoms with van der Waals surface area (Å²) in [4.78, 5) is 15.3. The summed E-state index contributed by atoms with van der Waals surface area (Å²) >= 11 is 0. The van der Waals surface area contributed by atoms with E-state index >= 15 is 0 Å². The van der Waals surface area contributed by atoms with Crippen molar-refractivity contribution in [3.05, 3.63) is 53.6 Å². The molecule has 0 bridgehead atoms. The quantitative estimate of drug-likeness (QED) is 0.712. The molecule has 4 nitrogen and oxygen atoms in total. The highest BCUT2D eigenvalue weighted by Crippen LogP contribution is 2.35. The van der Waals surface area contributed by atoms with E-state index in [-0.39, 0.29) is 11.4 Å². The Kier molecular flexibility index (Phi) is 5.69. The number of nitrogens with one attached hydrogen (secondary N) is 2. The first-order valence-electron chi connectivity index (χ1n) is 10.2. The van der Waals surface area contributed by atoms with Crippen molar-refractivity contribution in [1.29, 1.82) is 0 Å². The molecule has 0 radical (unpaired) electrons. The molecule has 0 aliphatic carbocycles. The number of anilines is 3. The van der Waals surface area contributed by atoms with Crippen LogP contribution in [0.4, 0.5) is 17.1 Å². The minimum Gasteiger partial charge on any atom is -0.377 e. The van der Waals surface area contributed by atoms with Crippen LogP contribution in [0, 0.1) is 0 Å². The number of benzene rings is 2. The summed E-state index contributed by atoms with van der Waals surface area (Å²) < 4.78 is 0. The number of carbonyl (C=O) groups excluding carboxylic acids is 1. The number of hydrogen-bond acceptors (Lipinski definition) is 3. The molecule has 4 heteroatoms. The zero-order chi connectivity index (χ0) is 20.5. The summed E-state index contributed by atoms with van der Waals surface area (Å²) in [5, 5.41) is 6.81. The summed E-state index contributed by atoms with van der Waals surface area (Å²) in [5.41, 5.74) is 5.45. The molecule has 0 saturated heterocycles. The lowest BCUT2D eigenvalue weighted by molar-refractivity contribution is -0.115. The Morgan fingerprint density at radius 2 is 1.64 bits per heavy atom. The van der Waals surface area contributed by atoms with Gasteiger partial charge < -0.3 is 15.5 Å². The first-order valence-corrected chi connectivity index (χ1v) is 10.2.